The molecule has 0 saturated carbocycles. The first-order valence-corrected chi connectivity index (χ1v) is 8.23. The van der Waals surface area contributed by atoms with E-state index in [2.05, 4.69) is 19.9 Å². The van der Waals surface area contributed by atoms with E-state index >= 15 is 0 Å². The molecule has 0 unspecified atom stereocenters. The molecule has 0 aliphatic carbocycles. The zero-order valence-corrected chi connectivity index (χ0v) is 13.4. The lowest BCUT2D eigenvalue weighted by Crippen LogP contribution is -2.17. The van der Waals surface area contributed by atoms with E-state index in [1.165, 1.54) is 11.3 Å². The lowest BCUT2D eigenvalue weighted by molar-refractivity contribution is 0.0999. The van der Waals surface area contributed by atoms with Gasteiger partial charge in [-0.05, 0) is 29.8 Å². The fraction of sp³-hybridized carbons (Fsp3) is 0.0588. The molecule has 4 aromatic heterocycles. The SMILES string of the molecule is O=C(/N=c1\sccn1Cc1ccncc1)c1c[nH]c2ncccc12. The van der Waals surface area contributed by atoms with Gasteiger partial charge in [-0.3, -0.25) is 9.78 Å². The predicted molar refractivity (Wildman–Crippen MR) is 91.6 cm³/mol. The monoisotopic (exact) mass is 335 g/mol. The summed E-state index contributed by atoms with van der Waals surface area (Å²) in [7, 11) is 0. The Balaban J connectivity index is 1.69. The van der Waals surface area contributed by atoms with E-state index in [1.54, 1.807) is 24.8 Å². The Hall–Kier alpha value is -3.06. The highest BCUT2D eigenvalue weighted by Gasteiger charge is 2.12. The van der Waals surface area contributed by atoms with Crippen LogP contribution in [0.1, 0.15) is 15.9 Å². The van der Waals surface area contributed by atoms with Crippen molar-refractivity contribution in [1.82, 2.24) is 19.5 Å². The summed E-state index contributed by atoms with van der Waals surface area (Å²) in [4.78, 5) is 28.7. The molecule has 24 heavy (non-hydrogen) atoms. The smallest absolute Gasteiger partial charge is 0.281 e. The number of nitrogens with zero attached hydrogens (tertiary/aromatic N) is 4. The number of carbonyl (C=O) groups excluding carboxylic acids is 1. The topological polar surface area (TPSA) is 75.9 Å². The first kappa shape index (κ1) is 14.5. The van der Waals surface area contributed by atoms with Crippen LogP contribution in [0.5, 0.6) is 0 Å². The average Bonchev–Trinajstić information content (AvgIpc) is 3.23. The molecule has 7 heteroatoms. The fourth-order valence-corrected chi connectivity index (χ4v) is 3.20. The van der Waals surface area contributed by atoms with Crippen molar-refractivity contribution in [2.75, 3.05) is 0 Å². The largest absolute Gasteiger partial charge is 0.345 e. The second-order valence-electron chi connectivity index (χ2n) is 5.19. The van der Waals surface area contributed by atoms with Crippen molar-refractivity contribution in [3.05, 3.63) is 76.6 Å². The molecule has 0 atom stereocenters. The van der Waals surface area contributed by atoms with E-state index in [-0.39, 0.29) is 5.91 Å². The van der Waals surface area contributed by atoms with Crippen LogP contribution in [0, 0.1) is 0 Å². The normalized spacial score (nSPS) is 11.9. The van der Waals surface area contributed by atoms with E-state index in [9.17, 15) is 4.79 Å². The Morgan fingerprint density at radius 1 is 1.25 bits per heavy atom. The van der Waals surface area contributed by atoms with Gasteiger partial charge in [0.2, 0.25) is 0 Å². The summed E-state index contributed by atoms with van der Waals surface area (Å²) in [5.41, 5.74) is 2.32. The molecule has 0 bridgehead atoms. The Labute approximate surface area is 141 Å². The predicted octanol–water partition coefficient (Wildman–Crippen LogP) is 2.61. The molecule has 1 N–H and O–H groups in total. The summed E-state index contributed by atoms with van der Waals surface area (Å²) >= 11 is 1.43. The molecule has 0 fully saturated rings. The first-order chi connectivity index (χ1) is 11.8. The number of H-pyrrole nitrogens is 1. The highest BCUT2D eigenvalue weighted by molar-refractivity contribution is 7.07. The summed E-state index contributed by atoms with van der Waals surface area (Å²) in [6.07, 6.45) is 8.77. The third-order valence-corrected chi connectivity index (χ3v) is 4.44. The van der Waals surface area contributed by atoms with Crippen LogP contribution in [0.25, 0.3) is 11.0 Å². The van der Waals surface area contributed by atoms with Gasteiger partial charge in [0.25, 0.3) is 5.91 Å². The van der Waals surface area contributed by atoms with Gasteiger partial charge in [-0.2, -0.15) is 4.99 Å². The van der Waals surface area contributed by atoms with Crippen LogP contribution in [0.15, 0.2) is 65.6 Å². The van der Waals surface area contributed by atoms with E-state index < -0.39 is 0 Å². The molecule has 0 spiro atoms. The van der Waals surface area contributed by atoms with Crippen molar-refractivity contribution >= 4 is 28.3 Å². The molecule has 6 nitrogen and oxygen atoms in total. The number of aromatic amines is 1. The first-order valence-electron chi connectivity index (χ1n) is 7.35. The maximum Gasteiger partial charge on any atom is 0.281 e. The van der Waals surface area contributed by atoms with Gasteiger partial charge in [-0.1, -0.05) is 0 Å². The third-order valence-electron chi connectivity index (χ3n) is 3.64. The molecule has 0 radical (unpaired) electrons. The Bertz CT molecular complexity index is 1060. The molecule has 0 saturated heterocycles. The van der Waals surface area contributed by atoms with E-state index in [1.807, 2.05) is 40.4 Å². The van der Waals surface area contributed by atoms with Crippen molar-refractivity contribution in [3.8, 4) is 0 Å². The molecule has 118 valence electrons. The summed E-state index contributed by atoms with van der Waals surface area (Å²) < 4.78 is 1.95. The minimum Gasteiger partial charge on any atom is -0.345 e. The highest BCUT2D eigenvalue weighted by atomic mass is 32.1. The maximum absolute atomic E-state index is 12.6. The molecule has 0 aromatic carbocycles. The number of rotatable bonds is 3. The lowest BCUT2D eigenvalue weighted by atomic mass is 10.2. The Morgan fingerprint density at radius 2 is 2.12 bits per heavy atom. The van der Waals surface area contributed by atoms with Crippen molar-refractivity contribution < 1.29 is 4.79 Å². The quantitative estimate of drug-likeness (QED) is 0.625. The Kier molecular flexibility index (Phi) is 3.76. The molecule has 4 rings (SSSR count). The molecular formula is C17H13N5OS. The van der Waals surface area contributed by atoms with Gasteiger partial charge in [0, 0.05) is 48.3 Å². The van der Waals surface area contributed by atoms with Gasteiger partial charge >= 0.3 is 0 Å². The van der Waals surface area contributed by atoms with Crippen LogP contribution >= 0.6 is 11.3 Å². The standard InChI is InChI=1S/C17H13N5OS/c23-16(14-10-20-15-13(14)2-1-5-19-15)21-17-22(8-9-24-17)11-12-3-6-18-7-4-12/h1-10H,11H2,(H,19,20)/b21-17-. The Morgan fingerprint density at radius 3 is 3.00 bits per heavy atom. The van der Waals surface area contributed by atoms with E-state index in [0.29, 0.717) is 22.6 Å². The minimum atomic E-state index is -0.278. The van der Waals surface area contributed by atoms with Crippen LogP contribution in [0.3, 0.4) is 0 Å². The number of pyridine rings is 2. The minimum absolute atomic E-state index is 0.278. The molecular weight excluding hydrogens is 322 g/mol. The molecule has 4 heterocycles. The lowest BCUT2D eigenvalue weighted by Gasteiger charge is -2.02. The highest BCUT2D eigenvalue weighted by Crippen LogP contribution is 2.16. The van der Waals surface area contributed by atoms with Gasteiger partial charge in [-0.25, -0.2) is 4.98 Å². The van der Waals surface area contributed by atoms with Crippen LogP contribution in [-0.2, 0) is 6.54 Å². The number of aromatic nitrogens is 4. The van der Waals surface area contributed by atoms with Crippen molar-refractivity contribution in [3.63, 3.8) is 0 Å². The molecule has 4 aromatic rings. The summed E-state index contributed by atoms with van der Waals surface area (Å²) in [6, 6.07) is 7.56. The zero-order chi connectivity index (χ0) is 16.4. The number of hydrogen-bond acceptors (Lipinski definition) is 4. The van der Waals surface area contributed by atoms with Crippen molar-refractivity contribution in [2.45, 2.75) is 6.54 Å². The van der Waals surface area contributed by atoms with Gasteiger partial charge in [0.1, 0.15) is 5.65 Å². The zero-order valence-electron chi connectivity index (χ0n) is 12.6. The number of carbonyl (C=O) groups is 1. The number of fused-ring (bicyclic) bond motifs is 1. The van der Waals surface area contributed by atoms with E-state index in [0.717, 1.165) is 10.9 Å². The third kappa shape index (κ3) is 2.77. The van der Waals surface area contributed by atoms with Gasteiger partial charge in [-0.15, -0.1) is 11.3 Å². The summed E-state index contributed by atoms with van der Waals surface area (Å²) in [5, 5.41) is 2.70. The van der Waals surface area contributed by atoms with Gasteiger partial charge in [0.15, 0.2) is 4.80 Å². The number of amides is 1. The van der Waals surface area contributed by atoms with Crippen LogP contribution in [0.2, 0.25) is 0 Å². The average molecular weight is 335 g/mol. The molecule has 0 aliphatic heterocycles. The summed E-state index contributed by atoms with van der Waals surface area (Å²) in [5.74, 6) is -0.278. The van der Waals surface area contributed by atoms with Crippen LogP contribution < -0.4 is 4.80 Å². The maximum atomic E-state index is 12.6. The molecule has 0 aliphatic rings. The second-order valence-corrected chi connectivity index (χ2v) is 6.06. The fourth-order valence-electron chi connectivity index (χ4n) is 2.47. The van der Waals surface area contributed by atoms with Crippen LogP contribution in [0.4, 0.5) is 0 Å². The van der Waals surface area contributed by atoms with Gasteiger partial charge < -0.3 is 9.55 Å². The van der Waals surface area contributed by atoms with Gasteiger partial charge in [0.05, 0.1) is 5.56 Å². The second kappa shape index (κ2) is 6.21. The molecule has 1 amide bonds. The number of hydrogen-bond donors (Lipinski definition) is 1. The van der Waals surface area contributed by atoms with Crippen molar-refractivity contribution in [2.24, 2.45) is 4.99 Å². The van der Waals surface area contributed by atoms with E-state index in [4.69, 9.17) is 0 Å². The summed E-state index contributed by atoms with van der Waals surface area (Å²) in [6.45, 7) is 0.646. The number of nitrogens with one attached hydrogen (secondary N) is 1. The number of thiazole rings is 1. The van der Waals surface area contributed by atoms with Crippen molar-refractivity contribution in [1.29, 1.82) is 0 Å². The van der Waals surface area contributed by atoms with Crippen LogP contribution in [-0.4, -0.2) is 25.4 Å².